The van der Waals surface area contributed by atoms with Crippen LogP contribution < -0.4 is 0 Å². The average Bonchev–Trinajstić information content (AvgIpc) is 3.01. The van der Waals surface area contributed by atoms with Crippen molar-refractivity contribution in [2.45, 2.75) is 23.8 Å². The summed E-state index contributed by atoms with van der Waals surface area (Å²) in [5, 5.41) is 3.17. The molecule has 0 fully saturated rings. The minimum atomic E-state index is -4.36. The Hall–Kier alpha value is -2.29. The zero-order valence-corrected chi connectivity index (χ0v) is 13.3. The Morgan fingerprint density at radius 2 is 1.87 bits per heavy atom. The van der Waals surface area contributed by atoms with Gasteiger partial charge in [0.2, 0.25) is 9.84 Å². The summed E-state index contributed by atoms with van der Waals surface area (Å²) >= 11 is 0. The number of carbonyl (C=O) groups is 1. The molecule has 9 heteroatoms. The van der Waals surface area contributed by atoms with Crippen molar-refractivity contribution >= 4 is 15.9 Å². The van der Waals surface area contributed by atoms with Gasteiger partial charge in [0.05, 0.1) is 0 Å². The Labute approximate surface area is 132 Å². The van der Waals surface area contributed by atoms with Gasteiger partial charge in [0.15, 0.2) is 16.7 Å². The Morgan fingerprint density at radius 1 is 1.22 bits per heavy atom. The molecule has 1 heterocycles. The van der Waals surface area contributed by atoms with E-state index in [-0.39, 0.29) is 0 Å². The molecule has 23 heavy (non-hydrogen) atoms. The highest BCUT2D eigenvalue weighted by atomic mass is 32.2. The van der Waals surface area contributed by atoms with Crippen molar-refractivity contribution in [1.29, 1.82) is 0 Å². The van der Waals surface area contributed by atoms with Crippen LogP contribution in [-0.4, -0.2) is 42.2 Å². The van der Waals surface area contributed by atoms with E-state index < -0.39 is 37.4 Å². The predicted molar refractivity (Wildman–Crippen MR) is 77.8 cm³/mol. The van der Waals surface area contributed by atoms with E-state index in [1.165, 1.54) is 11.1 Å². The Morgan fingerprint density at radius 3 is 2.48 bits per heavy atom. The average molecular weight is 343 g/mol. The third kappa shape index (κ3) is 3.09. The van der Waals surface area contributed by atoms with Crippen LogP contribution in [0.5, 0.6) is 0 Å². The molecular weight excluding hydrogens is 328 g/mol. The number of benzene rings is 1. The maximum absolute atomic E-state index is 13.7. The second kappa shape index (κ2) is 6.45. The first-order chi connectivity index (χ1) is 10.8. The van der Waals surface area contributed by atoms with Crippen molar-refractivity contribution in [3.05, 3.63) is 42.1 Å². The van der Waals surface area contributed by atoms with Crippen molar-refractivity contribution in [2.24, 2.45) is 0 Å². The van der Waals surface area contributed by atoms with Gasteiger partial charge in [-0.25, -0.2) is 22.0 Å². The molecule has 6 nitrogen and oxygen atoms in total. The first kappa shape index (κ1) is 17.1. The first-order valence-electron chi connectivity index (χ1n) is 6.87. The zero-order valence-electron chi connectivity index (χ0n) is 12.5. The van der Waals surface area contributed by atoms with Crippen LogP contribution in [0.1, 0.15) is 13.8 Å². The maximum atomic E-state index is 13.7. The molecule has 124 valence electrons. The molecule has 0 aliphatic rings. The summed E-state index contributed by atoms with van der Waals surface area (Å²) in [6.07, 6.45) is 1.17. The first-order valence-corrected chi connectivity index (χ1v) is 8.35. The van der Waals surface area contributed by atoms with Gasteiger partial charge in [-0.3, -0.25) is 0 Å². The van der Waals surface area contributed by atoms with E-state index in [9.17, 15) is 22.0 Å². The highest BCUT2D eigenvalue weighted by Crippen LogP contribution is 2.23. The summed E-state index contributed by atoms with van der Waals surface area (Å²) in [5.74, 6) is -2.75. The number of nitrogens with zero attached hydrogens (tertiary/aromatic N) is 3. The molecule has 2 aromatic rings. The van der Waals surface area contributed by atoms with Crippen LogP contribution in [0, 0.1) is 11.6 Å². The van der Waals surface area contributed by atoms with Gasteiger partial charge in [0, 0.05) is 19.3 Å². The van der Waals surface area contributed by atoms with E-state index in [4.69, 9.17) is 0 Å². The van der Waals surface area contributed by atoms with Gasteiger partial charge in [-0.15, -0.1) is 0 Å². The van der Waals surface area contributed by atoms with E-state index in [0.29, 0.717) is 13.1 Å². The van der Waals surface area contributed by atoms with E-state index in [2.05, 4.69) is 5.10 Å². The zero-order chi connectivity index (χ0) is 17.2. The lowest BCUT2D eigenvalue weighted by atomic mass is 10.3. The number of amides is 1. The van der Waals surface area contributed by atoms with Crippen molar-refractivity contribution in [1.82, 2.24) is 14.7 Å². The standard InChI is InChI=1S/C14H15F2N3O3S/c1-3-18(4-2)14(20)19-9-8-12(17-19)23(21,22)11-7-5-6-10(15)13(11)16/h5-9H,3-4H2,1-2H3. The van der Waals surface area contributed by atoms with Crippen LogP contribution in [0.2, 0.25) is 0 Å². The molecule has 0 N–H and O–H groups in total. The van der Waals surface area contributed by atoms with Gasteiger partial charge in [0.25, 0.3) is 0 Å². The van der Waals surface area contributed by atoms with Gasteiger partial charge < -0.3 is 4.90 Å². The van der Waals surface area contributed by atoms with Crippen LogP contribution >= 0.6 is 0 Å². The lowest BCUT2D eigenvalue weighted by molar-refractivity contribution is 0.201. The van der Waals surface area contributed by atoms with Crippen LogP contribution in [0.25, 0.3) is 0 Å². The van der Waals surface area contributed by atoms with Crippen molar-refractivity contribution in [2.75, 3.05) is 13.1 Å². The molecule has 0 bridgehead atoms. The monoisotopic (exact) mass is 343 g/mol. The summed E-state index contributed by atoms with van der Waals surface area (Å²) in [7, 11) is -4.36. The molecule has 0 unspecified atom stereocenters. The number of carbonyl (C=O) groups excluding carboxylic acids is 1. The molecule has 0 saturated heterocycles. The number of hydrogen-bond acceptors (Lipinski definition) is 4. The van der Waals surface area contributed by atoms with Gasteiger partial charge in [-0.05, 0) is 32.0 Å². The van der Waals surface area contributed by atoms with Gasteiger partial charge in [-0.2, -0.15) is 9.78 Å². The van der Waals surface area contributed by atoms with E-state index in [0.717, 1.165) is 28.9 Å². The molecule has 1 aromatic heterocycles. The van der Waals surface area contributed by atoms with E-state index in [1.807, 2.05) is 0 Å². The molecule has 2 rings (SSSR count). The van der Waals surface area contributed by atoms with Crippen molar-refractivity contribution < 1.29 is 22.0 Å². The topological polar surface area (TPSA) is 72.3 Å². The summed E-state index contributed by atoms with van der Waals surface area (Å²) in [4.78, 5) is 12.7. The molecule has 1 aromatic carbocycles. The fourth-order valence-corrected chi connectivity index (χ4v) is 3.25. The van der Waals surface area contributed by atoms with Crippen LogP contribution in [0.3, 0.4) is 0 Å². The van der Waals surface area contributed by atoms with Crippen LogP contribution in [0.4, 0.5) is 13.6 Å². The summed E-state index contributed by atoms with van der Waals surface area (Å²) in [5.41, 5.74) is 0. The fraction of sp³-hybridized carbons (Fsp3) is 0.286. The number of halogens is 2. The largest absolute Gasteiger partial charge is 0.344 e. The Bertz CT molecular complexity index is 830. The summed E-state index contributed by atoms with van der Waals surface area (Å²) in [6.45, 7) is 4.39. The fourth-order valence-electron chi connectivity index (χ4n) is 2.00. The smallest absolute Gasteiger partial charge is 0.323 e. The highest BCUT2D eigenvalue weighted by Gasteiger charge is 2.27. The molecular formula is C14H15F2N3O3S. The van der Waals surface area contributed by atoms with Crippen molar-refractivity contribution in [3.8, 4) is 0 Å². The second-order valence-corrected chi connectivity index (χ2v) is 6.47. The van der Waals surface area contributed by atoms with Gasteiger partial charge in [-0.1, -0.05) is 6.07 Å². The quantitative estimate of drug-likeness (QED) is 0.854. The normalized spacial score (nSPS) is 11.5. The minimum absolute atomic E-state index is 0.426. The van der Waals surface area contributed by atoms with Gasteiger partial charge >= 0.3 is 6.03 Å². The number of sulfone groups is 1. The number of hydrogen-bond donors (Lipinski definition) is 0. The van der Waals surface area contributed by atoms with Crippen LogP contribution in [0.15, 0.2) is 40.4 Å². The van der Waals surface area contributed by atoms with Crippen molar-refractivity contribution in [3.63, 3.8) is 0 Å². The maximum Gasteiger partial charge on any atom is 0.344 e. The Kier molecular flexibility index (Phi) is 4.79. The minimum Gasteiger partial charge on any atom is -0.323 e. The third-order valence-electron chi connectivity index (χ3n) is 3.28. The lowest BCUT2D eigenvalue weighted by Crippen LogP contribution is -2.34. The van der Waals surface area contributed by atoms with Crippen LogP contribution in [-0.2, 0) is 9.84 Å². The highest BCUT2D eigenvalue weighted by molar-refractivity contribution is 7.91. The molecule has 0 aliphatic carbocycles. The van der Waals surface area contributed by atoms with Gasteiger partial charge in [0.1, 0.15) is 4.90 Å². The SMILES string of the molecule is CCN(CC)C(=O)n1ccc(S(=O)(=O)c2cccc(F)c2F)n1. The Balaban J connectivity index is 2.43. The van der Waals surface area contributed by atoms with E-state index >= 15 is 0 Å². The predicted octanol–water partition coefficient (Wildman–Crippen LogP) is 2.30. The summed E-state index contributed by atoms with van der Waals surface area (Å²) in [6, 6.07) is 3.41. The lowest BCUT2D eigenvalue weighted by Gasteiger charge is -2.17. The number of aromatic nitrogens is 2. The van der Waals surface area contributed by atoms with E-state index in [1.54, 1.807) is 13.8 Å². The molecule has 0 aliphatic heterocycles. The molecule has 0 radical (unpaired) electrons. The number of rotatable bonds is 4. The third-order valence-corrected chi connectivity index (χ3v) is 4.94. The molecule has 1 amide bonds. The molecule has 0 atom stereocenters. The molecule has 0 spiro atoms. The molecule has 0 saturated carbocycles. The second-order valence-electron chi connectivity index (χ2n) is 4.61. The summed E-state index contributed by atoms with van der Waals surface area (Å²) < 4.78 is 52.5.